The number of rotatable bonds is 4. The molecule has 0 radical (unpaired) electrons. The minimum Gasteiger partial charge on any atom is -0.467 e. The first-order valence-corrected chi connectivity index (χ1v) is 7.48. The summed E-state index contributed by atoms with van der Waals surface area (Å²) in [6.07, 6.45) is -3.66. The molecule has 1 atom stereocenters. The van der Waals surface area contributed by atoms with Crippen molar-refractivity contribution in [1.29, 1.82) is 0 Å². The molecule has 0 spiro atoms. The first-order valence-electron chi connectivity index (χ1n) is 7.48. The van der Waals surface area contributed by atoms with Crippen molar-refractivity contribution in [2.75, 3.05) is 7.11 Å². The maximum atomic E-state index is 12.5. The van der Waals surface area contributed by atoms with Gasteiger partial charge in [-0.15, -0.1) is 18.3 Å². The number of alkyl halides is 3. The van der Waals surface area contributed by atoms with E-state index in [-0.39, 0.29) is 11.2 Å². The minimum atomic E-state index is -4.80. The van der Waals surface area contributed by atoms with Crippen LogP contribution in [0.15, 0.2) is 35.4 Å². The van der Waals surface area contributed by atoms with Crippen LogP contribution in [0.4, 0.5) is 13.2 Å². The normalized spacial score (nSPS) is 12.8. The molecule has 27 heavy (non-hydrogen) atoms. The lowest BCUT2D eigenvalue weighted by atomic mass is 10.3. The van der Waals surface area contributed by atoms with Crippen LogP contribution in [0.3, 0.4) is 0 Å². The van der Waals surface area contributed by atoms with Gasteiger partial charge < -0.3 is 9.47 Å². The molecule has 0 aliphatic rings. The summed E-state index contributed by atoms with van der Waals surface area (Å²) in [6, 6.07) is 3.88. The minimum absolute atomic E-state index is 0.0813. The van der Waals surface area contributed by atoms with Gasteiger partial charge >= 0.3 is 12.3 Å². The molecule has 3 rings (SSSR count). The van der Waals surface area contributed by atoms with Gasteiger partial charge in [-0.25, -0.2) is 9.78 Å². The van der Waals surface area contributed by atoms with Crippen LogP contribution in [0.2, 0.25) is 0 Å². The monoisotopic (exact) mass is 383 g/mol. The highest BCUT2D eigenvalue weighted by Crippen LogP contribution is 2.24. The molecule has 3 aromatic rings. The van der Waals surface area contributed by atoms with Crippen molar-refractivity contribution in [1.82, 2.24) is 24.5 Å². The molecule has 9 nitrogen and oxygen atoms in total. The largest absolute Gasteiger partial charge is 0.573 e. The number of fused-ring (bicyclic) bond motifs is 1. The van der Waals surface area contributed by atoms with Gasteiger partial charge in [0.1, 0.15) is 18.1 Å². The fourth-order valence-corrected chi connectivity index (χ4v) is 2.35. The average Bonchev–Trinajstić information content (AvgIpc) is 3.05. The maximum absolute atomic E-state index is 12.5. The molecule has 0 aliphatic heterocycles. The molecule has 0 unspecified atom stereocenters. The number of halogens is 3. The summed E-state index contributed by atoms with van der Waals surface area (Å²) in [5, 5.41) is 7.57. The SMILES string of the molecule is COC(=O)[C@H](C)n1cnc2c(nnn2-c2ccc(OC(F)(F)F)cc2)c1=O. The summed E-state index contributed by atoms with van der Waals surface area (Å²) in [7, 11) is 1.19. The van der Waals surface area contributed by atoms with Gasteiger partial charge in [0.05, 0.1) is 12.8 Å². The molecule has 1 aromatic carbocycles. The molecule has 0 amide bonds. The Bertz CT molecular complexity index is 1040. The number of aromatic nitrogens is 5. The van der Waals surface area contributed by atoms with E-state index in [9.17, 15) is 22.8 Å². The van der Waals surface area contributed by atoms with Gasteiger partial charge in [0.2, 0.25) is 0 Å². The molecular weight excluding hydrogens is 371 g/mol. The molecule has 0 N–H and O–H groups in total. The zero-order valence-corrected chi connectivity index (χ0v) is 14.0. The third-order valence-electron chi connectivity index (χ3n) is 3.66. The first-order chi connectivity index (χ1) is 12.7. The quantitative estimate of drug-likeness (QED) is 0.631. The number of esters is 1. The van der Waals surface area contributed by atoms with Gasteiger partial charge in [-0.1, -0.05) is 5.21 Å². The molecular formula is C15H12F3N5O4. The predicted molar refractivity (Wildman–Crippen MR) is 84.3 cm³/mol. The topological polar surface area (TPSA) is 101 Å². The average molecular weight is 383 g/mol. The highest BCUT2D eigenvalue weighted by atomic mass is 19.4. The molecule has 2 heterocycles. The molecule has 0 bridgehead atoms. The fourth-order valence-electron chi connectivity index (χ4n) is 2.35. The fraction of sp³-hybridized carbons (Fsp3) is 0.267. The zero-order chi connectivity index (χ0) is 19.8. The standard InChI is InChI=1S/C15H12F3N5O4/c1-8(14(25)26-2)22-7-19-12-11(13(22)24)20-21-23(12)9-3-5-10(6-4-9)27-15(16,17)18/h3-8H,1-2H3/t8-/m0/s1. The second-order valence-corrected chi connectivity index (χ2v) is 5.37. The van der Waals surface area contributed by atoms with Crippen LogP contribution in [0, 0.1) is 0 Å². The van der Waals surface area contributed by atoms with Gasteiger partial charge in [-0.2, -0.15) is 4.68 Å². The van der Waals surface area contributed by atoms with Crippen molar-refractivity contribution in [3.63, 3.8) is 0 Å². The third kappa shape index (κ3) is 3.59. The van der Waals surface area contributed by atoms with Gasteiger partial charge in [-0.3, -0.25) is 9.36 Å². The lowest BCUT2D eigenvalue weighted by Crippen LogP contribution is -2.29. The smallest absolute Gasteiger partial charge is 0.467 e. The Labute approximate surface area is 148 Å². The van der Waals surface area contributed by atoms with Crippen LogP contribution in [0.25, 0.3) is 16.9 Å². The van der Waals surface area contributed by atoms with Crippen molar-refractivity contribution in [2.24, 2.45) is 0 Å². The van der Waals surface area contributed by atoms with E-state index >= 15 is 0 Å². The Morgan fingerprint density at radius 1 is 1.22 bits per heavy atom. The molecule has 0 aliphatic carbocycles. The number of benzene rings is 1. The molecule has 12 heteroatoms. The van der Waals surface area contributed by atoms with Gasteiger partial charge in [-0.05, 0) is 31.2 Å². The lowest BCUT2D eigenvalue weighted by molar-refractivity contribution is -0.274. The number of carbonyl (C=O) groups is 1. The summed E-state index contributed by atoms with van der Waals surface area (Å²) in [4.78, 5) is 28.2. The number of nitrogens with zero attached hydrogens (tertiary/aromatic N) is 5. The summed E-state index contributed by atoms with van der Waals surface area (Å²) in [6.45, 7) is 1.46. The van der Waals surface area contributed by atoms with Crippen molar-refractivity contribution in [3.8, 4) is 11.4 Å². The molecule has 0 fully saturated rings. The summed E-state index contributed by atoms with van der Waals surface area (Å²) >= 11 is 0. The number of ether oxygens (including phenoxy) is 2. The van der Waals surface area contributed by atoms with Crippen molar-refractivity contribution >= 4 is 17.1 Å². The van der Waals surface area contributed by atoms with E-state index in [0.29, 0.717) is 5.69 Å². The van der Waals surface area contributed by atoms with E-state index in [1.54, 1.807) is 0 Å². The van der Waals surface area contributed by atoms with Crippen molar-refractivity contribution in [2.45, 2.75) is 19.3 Å². The number of carbonyl (C=O) groups excluding carboxylic acids is 1. The van der Waals surface area contributed by atoms with Gasteiger partial charge in [0.25, 0.3) is 5.56 Å². The van der Waals surface area contributed by atoms with E-state index in [0.717, 1.165) is 23.0 Å². The van der Waals surface area contributed by atoms with Crippen molar-refractivity contribution < 1.29 is 27.4 Å². The van der Waals surface area contributed by atoms with Gasteiger partial charge in [0.15, 0.2) is 11.2 Å². The summed E-state index contributed by atoms with van der Waals surface area (Å²) in [5.41, 5.74) is -0.319. The van der Waals surface area contributed by atoms with Gasteiger partial charge in [0, 0.05) is 0 Å². The summed E-state index contributed by atoms with van der Waals surface area (Å²) < 4.78 is 47.3. The Morgan fingerprint density at radius 3 is 2.48 bits per heavy atom. The Morgan fingerprint density at radius 2 is 1.89 bits per heavy atom. The second-order valence-electron chi connectivity index (χ2n) is 5.37. The Kier molecular flexibility index (Phi) is 4.56. The third-order valence-corrected chi connectivity index (χ3v) is 3.66. The van der Waals surface area contributed by atoms with E-state index in [1.165, 1.54) is 30.8 Å². The van der Waals surface area contributed by atoms with Crippen LogP contribution < -0.4 is 10.3 Å². The first kappa shape index (κ1) is 18.4. The number of hydrogen-bond donors (Lipinski definition) is 0. The van der Waals surface area contributed by atoms with Crippen molar-refractivity contribution in [3.05, 3.63) is 40.9 Å². The molecule has 142 valence electrons. The van der Waals surface area contributed by atoms with Crippen LogP contribution in [0.1, 0.15) is 13.0 Å². The van der Waals surface area contributed by atoms with E-state index < -0.39 is 29.7 Å². The highest BCUT2D eigenvalue weighted by molar-refractivity contribution is 5.75. The highest BCUT2D eigenvalue weighted by Gasteiger charge is 2.31. The van der Waals surface area contributed by atoms with Crippen LogP contribution in [-0.4, -0.2) is 44.0 Å². The second kappa shape index (κ2) is 6.70. The molecule has 2 aromatic heterocycles. The Balaban J connectivity index is 1.99. The zero-order valence-electron chi connectivity index (χ0n) is 14.0. The molecule has 0 saturated carbocycles. The molecule has 0 saturated heterocycles. The van der Waals surface area contributed by atoms with Crippen LogP contribution in [0.5, 0.6) is 5.75 Å². The van der Waals surface area contributed by atoms with E-state index in [4.69, 9.17) is 0 Å². The van der Waals surface area contributed by atoms with Crippen LogP contribution >= 0.6 is 0 Å². The lowest BCUT2D eigenvalue weighted by Gasteiger charge is -2.11. The van der Waals surface area contributed by atoms with Crippen LogP contribution in [-0.2, 0) is 9.53 Å². The number of hydrogen-bond acceptors (Lipinski definition) is 7. The maximum Gasteiger partial charge on any atom is 0.573 e. The number of methoxy groups -OCH3 is 1. The van der Waals surface area contributed by atoms with E-state index in [1.807, 2.05) is 0 Å². The Hall–Kier alpha value is -3.44. The van der Waals surface area contributed by atoms with E-state index in [2.05, 4.69) is 24.8 Å². The predicted octanol–water partition coefficient (Wildman–Crippen LogP) is 1.61. The summed E-state index contributed by atoms with van der Waals surface area (Å²) in [5.74, 6) is -1.04.